The molecule has 0 unspecified atom stereocenters. The molecule has 5 heteroatoms. The molecule has 0 aliphatic carbocycles. The maximum atomic E-state index is 12.6. The molecule has 0 aromatic heterocycles. The molecule has 0 fully saturated rings. The lowest BCUT2D eigenvalue weighted by atomic mass is 9.74. The van der Waals surface area contributed by atoms with E-state index in [0.29, 0.717) is 6.61 Å². The van der Waals surface area contributed by atoms with Crippen molar-refractivity contribution in [3.63, 3.8) is 0 Å². The Labute approximate surface area is 116 Å². The molecule has 0 atom stereocenters. The first-order valence-corrected chi connectivity index (χ1v) is 6.70. The Kier molecular flexibility index (Phi) is 6.00. The van der Waals surface area contributed by atoms with E-state index >= 15 is 0 Å². The predicted molar refractivity (Wildman–Crippen MR) is 75.5 cm³/mol. The average Bonchev–Trinajstić information content (AvgIpc) is 2.23. The molecule has 0 bridgehead atoms. The van der Waals surface area contributed by atoms with Crippen molar-refractivity contribution in [2.75, 3.05) is 13.2 Å². The lowest BCUT2D eigenvalue weighted by Crippen LogP contribution is -2.58. The monoisotopic (exact) mass is 272 g/mol. The van der Waals surface area contributed by atoms with Gasteiger partial charge in [-0.3, -0.25) is 9.59 Å². The third-order valence-corrected chi connectivity index (χ3v) is 3.63. The van der Waals surface area contributed by atoms with E-state index in [4.69, 9.17) is 10.5 Å². The Balaban J connectivity index is 5.11. The van der Waals surface area contributed by atoms with Crippen molar-refractivity contribution in [1.82, 2.24) is 4.90 Å². The maximum absolute atomic E-state index is 12.6. The molecule has 0 aliphatic rings. The number of carbonyl (C=O) groups excluding carboxylic acids is 2. The van der Waals surface area contributed by atoms with Crippen molar-refractivity contribution in [3.8, 4) is 0 Å². The standard InChI is InChI=1S/C14H28N2O3/c1-8-19-11(17)9-16(10(2)3)12(18)13(4,5)14(6,7)15/h10H,8-9,15H2,1-7H3. The third-order valence-electron chi connectivity index (χ3n) is 3.63. The van der Waals surface area contributed by atoms with Gasteiger partial charge in [-0.15, -0.1) is 0 Å². The number of hydrogen-bond donors (Lipinski definition) is 1. The maximum Gasteiger partial charge on any atom is 0.325 e. The summed E-state index contributed by atoms with van der Waals surface area (Å²) in [6, 6.07) is -0.0847. The molecule has 0 saturated heterocycles. The van der Waals surface area contributed by atoms with Gasteiger partial charge < -0.3 is 15.4 Å². The van der Waals surface area contributed by atoms with Gasteiger partial charge in [0.25, 0.3) is 0 Å². The summed E-state index contributed by atoms with van der Waals surface area (Å²) in [6.07, 6.45) is 0. The van der Waals surface area contributed by atoms with Gasteiger partial charge in [0, 0.05) is 11.6 Å². The summed E-state index contributed by atoms with van der Waals surface area (Å²) < 4.78 is 4.91. The molecule has 0 aromatic carbocycles. The zero-order valence-corrected chi connectivity index (χ0v) is 13.2. The average molecular weight is 272 g/mol. The number of esters is 1. The number of amides is 1. The van der Waals surface area contributed by atoms with Crippen LogP contribution < -0.4 is 5.73 Å². The Morgan fingerprint density at radius 2 is 1.68 bits per heavy atom. The molecule has 0 radical (unpaired) electrons. The largest absolute Gasteiger partial charge is 0.465 e. The van der Waals surface area contributed by atoms with E-state index in [1.807, 2.05) is 27.7 Å². The Bertz CT molecular complexity index is 330. The number of nitrogens with zero attached hydrogens (tertiary/aromatic N) is 1. The molecule has 0 spiro atoms. The van der Waals surface area contributed by atoms with E-state index in [1.54, 1.807) is 20.8 Å². The lowest BCUT2D eigenvalue weighted by molar-refractivity contribution is -0.155. The Morgan fingerprint density at radius 3 is 2.00 bits per heavy atom. The van der Waals surface area contributed by atoms with E-state index in [1.165, 1.54) is 4.90 Å². The predicted octanol–water partition coefficient (Wildman–Crippen LogP) is 1.55. The molecular weight excluding hydrogens is 244 g/mol. The highest BCUT2D eigenvalue weighted by molar-refractivity contribution is 5.87. The van der Waals surface area contributed by atoms with Crippen molar-refractivity contribution >= 4 is 11.9 Å². The minimum atomic E-state index is -0.760. The minimum Gasteiger partial charge on any atom is -0.465 e. The molecule has 0 saturated carbocycles. The highest BCUT2D eigenvalue weighted by atomic mass is 16.5. The smallest absolute Gasteiger partial charge is 0.325 e. The van der Waals surface area contributed by atoms with Crippen LogP contribution in [0.4, 0.5) is 0 Å². The second-order valence-corrected chi connectivity index (χ2v) is 6.18. The fraction of sp³-hybridized carbons (Fsp3) is 0.857. The van der Waals surface area contributed by atoms with Gasteiger partial charge in [0.15, 0.2) is 0 Å². The van der Waals surface area contributed by atoms with Crippen LogP contribution in [0.15, 0.2) is 0 Å². The Morgan fingerprint density at radius 1 is 1.21 bits per heavy atom. The van der Waals surface area contributed by atoms with Crippen LogP contribution in [0.25, 0.3) is 0 Å². The van der Waals surface area contributed by atoms with Gasteiger partial charge in [-0.25, -0.2) is 0 Å². The first-order valence-electron chi connectivity index (χ1n) is 6.70. The van der Waals surface area contributed by atoms with Gasteiger partial charge in [0.1, 0.15) is 6.54 Å². The summed E-state index contributed by atoms with van der Waals surface area (Å²) in [4.78, 5) is 25.7. The van der Waals surface area contributed by atoms with Crippen LogP contribution in [-0.4, -0.2) is 41.5 Å². The van der Waals surface area contributed by atoms with Crippen molar-refractivity contribution in [2.45, 2.75) is 60.0 Å². The van der Waals surface area contributed by atoms with E-state index in [9.17, 15) is 9.59 Å². The minimum absolute atomic E-state index is 0.0378. The fourth-order valence-corrected chi connectivity index (χ4v) is 1.47. The van der Waals surface area contributed by atoms with E-state index in [2.05, 4.69) is 0 Å². The van der Waals surface area contributed by atoms with Gasteiger partial charge in [0.05, 0.1) is 12.0 Å². The molecule has 0 aromatic rings. The molecule has 0 aliphatic heterocycles. The van der Waals surface area contributed by atoms with Crippen molar-refractivity contribution in [2.24, 2.45) is 11.1 Å². The number of hydrogen-bond acceptors (Lipinski definition) is 4. The first kappa shape index (κ1) is 17.9. The zero-order valence-electron chi connectivity index (χ0n) is 13.2. The number of rotatable bonds is 6. The normalized spacial score (nSPS) is 12.5. The third kappa shape index (κ3) is 4.49. The molecule has 2 N–H and O–H groups in total. The van der Waals surface area contributed by atoms with Crippen LogP contribution in [0.5, 0.6) is 0 Å². The van der Waals surface area contributed by atoms with Crippen LogP contribution in [-0.2, 0) is 14.3 Å². The summed E-state index contributed by atoms with van der Waals surface area (Å²) in [6.45, 7) is 13.0. The topological polar surface area (TPSA) is 72.6 Å². The lowest BCUT2D eigenvalue weighted by Gasteiger charge is -2.41. The summed E-state index contributed by atoms with van der Waals surface area (Å²) in [5.41, 5.74) is 4.64. The summed E-state index contributed by atoms with van der Waals surface area (Å²) in [5.74, 6) is -0.529. The first-order chi connectivity index (χ1) is 8.45. The van der Waals surface area contributed by atoms with Gasteiger partial charge >= 0.3 is 5.97 Å². The highest BCUT2D eigenvalue weighted by Crippen LogP contribution is 2.31. The number of carbonyl (C=O) groups is 2. The quantitative estimate of drug-likeness (QED) is 0.745. The van der Waals surface area contributed by atoms with E-state index < -0.39 is 16.9 Å². The highest BCUT2D eigenvalue weighted by Gasteiger charge is 2.43. The second kappa shape index (κ2) is 6.37. The SMILES string of the molecule is CCOC(=O)CN(C(=O)C(C)(C)C(C)(C)N)C(C)C. The number of nitrogens with two attached hydrogens (primary N) is 1. The van der Waals surface area contributed by atoms with Crippen LogP contribution in [0.3, 0.4) is 0 Å². The van der Waals surface area contributed by atoms with Crippen LogP contribution in [0.1, 0.15) is 48.5 Å². The van der Waals surface area contributed by atoms with Crippen molar-refractivity contribution in [1.29, 1.82) is 0 Å². The fourth-order valence-electron chi connectivity index (χ4n) is 1.47. The van der Waals surface area contributed by atoms with Crippen LogP contribution >= 0.6 is 0 Å². The van der Waals surface area contributed by atoms with Gasteiger partial charge in [-0.05, 0) is 48.5 Å². The van der Waals surface area contributed by atoms with Gasteiger partial charge in [-0.1, -0.05) is 0 Å². The molecule has 19 heavy (non-hydrogen) atoms. The second-order valence-electron chi connectivity index (χ2n) is 6.18. The molecule has 0 heterocycles. The van der Waals surface area contributed by atoms with E-state index in [-0.39, 0.29) is 18.5 Å². The van der Waals surface area contributed by atoms with Gasteiger partial charge in [-0.2, -0.15) is 0 Å². The molecule has 112 valence electrons. The van der Waals surface area contributed by atoms with Crippen LogP contribution in [0.2, 0.25) is 0 Å². The Hall–Kier alpha value is -1.10. The zero-order chi connectivity index (χ0) is 15.4. The van der Waals surface area contributed by atoms with Crippen LogP contribution in [0, 0.1) is 5.41 Å². The number of ether oxygens (including phenoxy) is 1. The molecule has 5 nitrogen and oxygen atoms in total. The van der Waals surface area contributed by atoms with Gasteiger partial charge in [0.2, 0.25) is 5.91 Å². The summed E-state index contributed by atoms with van der Waals surface area (Å²) >= 11 is 0. The summed E-state index contributed by atoms with van der Waals surface area (Å²) in [5, 5.41) is 0. The molecule has 0 rings (SSSR count). The van der Waals surface area contributed by atoms with E-state index in [0.717, 1.165) is 0 Å². The molecule has 1 amide bonds. The van der Waals surface area contributed by atoms with Crippen molar-refractivity contribution in [3.05, 3.63) is 0 Å². The molecular formula is C14H28N2O3. The summed E-state index contributed by atoms with van der Waals surface area (Å²) in [7, 11) is 0. The van der Waals surface area contributed by atoms with Crippen molar-refractivity contribution < 1.29 is 14.3 Å².